The molecule has 0 aliphatic rings. The van der Waals surface area contributed by atoms with Gasteiger partial charge in [0.05, 0.1) is 25.1 Å². The van der Waals surface area contributed by atoms with E-state index in [9.17, 15) is 9.59 Å². The van der Waals surface area contributed by atoms with E-state index in [0.29, 0.717) is 23.5 Å². The second-order valence-electron chi connectivity index (χ2n) is 6.22. The Hall–Kier alpha value is -2.75. The molecule has 2 aromatic heterocycles. The van der Waals surface area contributed by atoms with Crippen molar-refractivity contribution in [1.29, 1.82) is 0 Å². The molecular weight excluding hydrogens is 340 g/mol. The highest BCUT2D eigenvalue weighted by Gasteiger charge is 2.19. The minimum atomic E-state index is -0.735. The van der Waals surface area contributed by atoms with Crippen LogP contribution in [0.5, 0.6) is 0 Å². The number of ether oxygens (including phenoxy) is 2. The zero-order chi connectivity index (χ0) is 19.3. The molecule has 2 aromatic rings. The second-order valence-corrected chi connectivity index (χ2v) is 6.22. The van der Waals surface area contributed by atoms with Gasteiger partial charge in [0.1, 0.15) is 24.5 Å². The average molecular weight is 364 g/mol. The molecule has 0 aliphatic carbocycles. The lowest BCUT2D eigenvalue weighted by Crippen LogP contribution is -2.42. The minimum absolute atomic E-state index is 0.176. The molecule has 0 fully saturated rings. The third kappa shape index (κ3) is 5.12. The number of carbonyl (C=O) groups excluding carboxylic acids is 2. The number of nitrogens with zero attached hydrogens (tertiary/aromatic N) is 4. The Balaban J connectivity index is 1.82. The van der Waals surface area contributed by atoms with Gasteiger partial charge < -0.3 is 25.1 Å². The van der Waals surface area contributed by atoms with E-state index in [1.165, 1.54) is 6.33 Å². The fourth-order valence-electron chi connectivity index (χ4n) is 2.26. The van der Waals surface area contributed by atoms with Crippen LogP contribution in [0.1, 0.15) is 27.7 Å². The lowest BCUT2D eigenvalue weighted by atomic mass is 10.3. The molecule has 0 bridgehead atoms. The van der Waals surface area contributed by atoms with Gasteiger partial charge in [0.15, 0.2) is 11.5 Å². The summed E-state index contributed by atoms with van der Waals surface area (Å²) in [5, 5.41) is 2.54. The van der Waals surface area contributed by atoms with Crippen molar-refractivity contribution in [2.75, 3.05) is 12.3 Å². The summed E-state index contributed by atoms with van der Waals surface area (Å²) in [4.78, 5) is 35.8. The monoisotopic (exact) mass is 364 g/mol. The van der Waals surface area contributed by atoms with E-state index >= 15 is 0 Å². The van der Waals surface area contributed by atoms with Crippen LogP contribution in [0.4, 0.5) is 5.82 Å². The lowest BCUT2D eigenvalue weighted by Gasteiger charge is -2.17. The largest absolute Gasteiger partial charge is 0.461 e. The van der Waals surface area contributed by atoms with E-state index in [1.807, 2.05) is 6.92 Å². The molecule has 2 atom stereocenters. The van der Waals surface area contributed by atoms with Crippen LogP contribution in [0.3, 0.4) is 0 Å². The van der Waals surface area contributed by atoms with E-state index in [4.69, 9.17) is 15.2 Å². The first kappa shape index (κ1) is 19.6. The number of rotatable bonds is 8. The van der Waals surface area contributed by atoms with Gasteiger partial charge in [0, 0.05) is 0 Å². The number of esters is 1. The minimum Gasteiger partial charge on any atom is -0.461 e. The van der Waals surface area contributed by atoms with Gasteiger partial charge >= 0.3 is 5.97 Å². The fraction of sp³-hybridized carbons (Fsp3) is 0.562. The first-order valence-electron chi connectivity index (χ1n) is 8.30. The van der Waals surface area contributed by atoms with Gasteiger partial charge in [0.25, 0.3) is 0 Å². The van der Waals surface area contributed by atoms with Crippen molar-refractivity contribution in [3.8, 4) is 0 Å². The van der Waals surface area contributed by atoms with Crippen molar-refractivity contribution in [2.45, 2.75) is 52.5 Å². The van der Waals surface area contributed by atoms with Crippen LogP contribution in [0, 0.1) is 0 Å². The molecule has 2 rings (SSSR count). The van der Waals surface area contributed by atoms with Gasteiger partial charge in [-0.15, -0.1) is 0 Å². The number of nitrogens with one attached hydrogen (secondary N) is 1. The lowest BCUT2D eigenvalue weighted by molar-refractivity contribution is -0.151. The highest BCUT2D eigenvalue weighted by Crippen LogP contribution is 2.14. The number of hydrogen-bond acceptors (Lipinski definition) is 8. The molecule has 0 radical (unpaired) electrons. The van der Waals surface area contributed by atoms with Gasteiger partial charge in [-0.25, -0.2) is 19.7 Å². The van der Waals surface area contributed by atoms with Crippen molar-refractivity contribution >= 4 is 28.9 Å². The summed E-state index contributed by atoms with van der Waals surface area (Å²) in [5.74, 6) is -0.570. The summed E-state index contributed by atoms with van der Waals surface area (Å²) in [6.45, 7) is 7.13. The number of fused-ring (bicyclic) bond motifs is 1. The van der Waals surface area contributed by atoms with Crippen molar-refractivity contribution in [3.05, 3.63) is 12.7 Å². The van der Waals surface area contributed by atoms with E-state index < -0.39 is 17.9 Å². The number of nitrogens with two attached hydrogens (primary N) is 1. The molecule has 142 valence electrons. The topological polar surface area (TPSA) is 134 Å². The van der Waals surface area contributed by atoms with Crippen molar-refractivity contribution in [2.24, 2.45) is 0 Å². The van der Waals surface area contributed by atoms with Crippen LogP contribution in [0.15, 0.2) is 12.7 Å². The Labute approximate surface area is 151 Å². The molecule has 3 N–H and O–H groups in total. The number of nitrogen functional groups attached to an aromatic ring is 1. The van der Waals surface area contributed by atoms with Crippen LogP contribution in [-0.4, -0.2) is 56.3 Å². The summed E-state index contributed by atoms with van der Waals surface area (Å²) in [5.41, 5.74) is 6.87. The van der Waals surface area contributed by atoms with Gasteiger partial charge in [-0.05, 0) is 27.7 Å². The third-order valence-electron chi connectivity index (χ3n) is 3.47. The van der Waals surface area contributed by atoms with Crippen LogP contribution >= 0.6 is 0 Å². The van der Waals surface area contributed by atoms with E-state index in [0.717, 1.165) is 0 Å². The fourth-order valence-corrected chi connectivity index (χ4v) is 2.26. The standard InChI is InChI=1S/C16H24N6O4/c1-9(2)26-16(24)11(4)21-12(23)6-25-10(3)5-22-8-20-13-14(17)18-7-19-15(13)22/h7-11H,5-6H2,1-4H3,(H,21,23)(H2,17,18,19)/t10-,11?/m1/s1. The number of amides is 1. The van der Waals surface area contributed by atoms with Crippen molar-refractivity contribution < 1.29 is 19.1 Å². The molecule has 0 spiro atoms. The quantitative estimate of drug-likeness (QED) is 0.637. The van der Waals surface area contributed by atoms with Gasteiger partial charge in [-0.3, -0.25) is 4.79 Å². The molecule has 1 amide bonds. The molecule has 2 heterocycles. The maximum Gasteiger partial charge on any atom is 0.328 e. The SMILES string of the molecule is CC(C)OC(=O)C(C)NC(=O)CO[C@H](C)Cn1cnc2c(N)ncnc21. The van der Waals surface area contributed by atoms with E-state index in [-0.39, 0.29) is 18.8 Å². The van der Waals surface area contributed by atoms with Crippen LogP contribution in [-0.2, 0) is 25.6 Å². The predicted octanol–water partition coefficient (Wildman–Crippen LogP) is 0.270. The predicted molar refractivity (Wildman–Crippen MR) is 94.0 cm³/mol. The van der Waals surface area contributed by atoms with Crippen molar-refractivity contribution in [1.82, 2.24) is 24.8 Å². The smallest absolute Gasteiger partial charge is 0.328 e. The van der Waals surface area contributed by atoms with Crippen LogP contribution in [0.25, 0.3) is 11.2 Å². The van der Waals surface area contributed by atoms with Crippen LogP contribution < -0.4 is 11.1 Å². The maximum absolute atomic E-state index is 11.9. The molecule has 10 nitrogen and oxygen atoms in total. The zero-order valence-electron chi connectivity index (χ0n) is 15.3. The first-order valence-corrected chi connectivity index (χ1v) is 8.30. The molecule has 1 unspecified atom stereocenters. The number of carbonyl (C=O) groups is 2. The number of hydrogen-bond donors (Lipinski definition) is 2. The Morgan fingerprint density at radius 2 is 1.96 bits per heavy atom. The van der Waals surface area contributed by atoms with Crippen LogP contribution in [0.2, 0.25) is 0 Å². The molecule has 0 saturated carbocycles. The molecule has 0 aromatic carbocycles. The Bertz CT molecular complexity index is 775. The molecule has 0 aliphatic heterocycles. The normalized spacial score (nSPS) is 13.6. The maximum atomic E-state index is 11.9. The van der Waals surface area contributed by atoms with Gasteiger partial charge in [-0.1, -0.05) is 0 Å². The molecule has 26 heavy (non-hydrogen) atoms. The molecule has 0 saturated heterocycles. The Kier molecular flexibility index (Phi) is 6.45. The number of imidazole rings is 1. The molecule has 10 heteroatoms. The third-order valence-corrected chi connectivity index (χ3v) is 3.47. The summed E-state index contributed by atoms with van der Waals surface area (Å²) in [6, 6.07) is -0.735. The highest BCUT2D eigenvalue weighted by molar-refractivity contribution is 5.84. The first-order chi connectivity index (χ1) is 12.3. The zero-order valence-corrected chi connectivity index (χ0v) is 15.3. The molecular formula is C16H24N6O4. The summed E-state index contributed by atoms with van der Waals surface area (Å²) >= 11 is 0. The van der Waals surface area contributed by atoms with Gasteiger partial charge in [0.2, 0.25) is 5.91 Å². The number of aromatic nitrogens is 4. The van der Waals surface area contributed by atoms with Crippen molar-refractivity contribution in [3.63, 3.8) is 0 Å². The summed E-state index contributed by atoms with van der Waals surface area (Å²) in [7, 11) is 0. The summed E-state index contributed by atoms with van der Waals surface area (Å²) in [6.07, 6.45) is 2.44. The second kappa shape index (κ2) is 8.56. The van der Waals surface area contributed by atoms with E-state index in [2.05, 4.69) is 20.3 Å². The van der Waals surface area contributed by atoms with Gasteiger partial charge in [-0.2, -0.15) is 0 Å². The number of anilines is 1. The summed E-state index contributed by atoms with van der Waals surface area (Å²) < 4.78 is 12.3. The average Bonchev–Trinajstić information content (AvgIpc) is 2.96. The van der Waals surface area contributed by atoms with E-state index in [1.54, 1.807) is 31.7 Å². The Morgan fingerprint density at radius 3 is 2.65 bits per heavy atom. The Morgan fingerprint density at radius 1 is 1.23 bits per heavy atom. The highest BCUT2D eigenvalue weighted by atomic mass is 16.5.